The topological polar surface area (TPSA) is 75.3 Å². The van der Waals surface area contributed by atoms with Crippen molar-refractivity contribution < 1.29 is 13.2 Å². The van der Waals surface area contributed by atoms with E-state index in [0.717, 1.165) is 24.8 Å². The van der Waals surface area contributed by atoms with Crippen LogP contribution in [0.15, 0.2) is 29.2 Å². The predicted octanol–water partition coefficient (Wildman–Crippen LogP) is 1.97. The SMILES string of the molecule is CC[C@@H](C)NC(=O)CCc1ccc(S(=O)(=O)NC2CC2)cc1. The van der Waals surface area contributed by atoms with Crippen molar-refractivity contribution in [3.63, 3.8) is 0 Å². The Hall–Kier alpha value is -1.40. The summed E-state index contributed by atoms with van der Waals surface area (Å²) >= 11 is 0. The van der Waals surface area contributed by atoms with E-state index in [0.29, 0.717) is 12.8 Å². The molecule has 1 aromatic rings. The van der Waals surface area contributed by atoms with Gasteiger partial charge < -0.3 is 5.32 Å². The minimum Gasteiger partial charge on any atom is -0.354 e. The number of hydrogen-bond acceptors (Lipinski definition) is 3. The van der Waals surface area contributed by atoms with Crippen LogP contribution < -0.4 is 10.0 Å². The molecule has 0 bridgehead atoms. The lowest BCUT2D eigenvalue weighted by atomic mass is 10.1. The van der Waals surface area contributed by atoms with Gasteiger partial charge in [0.2, 0.25) is 15.9 Å². The first-order chi connectivity index (χ1) is 10.4. The average molecular weight is 324 g/mol. The minimum atomic E-state index is -3.39. The van der Waals surface area contributed by atoms with Gasteiger partial charge in [0.15, 0.2) is 0 Å². The molecule has 2 rings (SSSR count). The summed E-state index contributed by atoms with van der Waals surface area (Å²) in [4.78, 5) is 12.0. The molecule has 1 saturated carbocycles. The Kier molecular flexibility index (Phi) is 5.58. The van der Waals surface area contributed by atoms with E-state index in [1.54, 1.807) is 24.3 Å². The second-order valence-corrected chi connectivity index (χ2v) is 7.63. The highest BCUT2D eigenvalue weighted by molar-refractivity contribution is 7.89. The third kappa shape index (κ3) is 5.10. The Labute approximate surface area is 132 Å². The van der Waals surface area contributed by atoms with Crippen molar-refractivity contribution in [1.29, 1.82) is 0 Å². The third-order valence-corrected chi connectivity index (χ3v) is 5.33. The Morgan fingerprint density at radius 3 is 2.45 bits per heavy atom. The van der Waals surface area contributed by atoms with Gasteiger partial charge in [-0.15, -0.1) is 0 Å². The number of nitrogens with one attached hydrogen (secondary N) is 2. The summed E-state index contributed by atoms with van der Waals surface area (Å²) in [5, 5.41) is 2.92. The number of amides is 1. The van der Waals surface area contributed by atoms with Crippen molar-refractivity contribution in [2.45, 2.75) is 62.9 Å². The fourth-order valence-electron chi connectivity index (χ4n) is 2.03. The Balaban J connectivity index is 1.87. The summed E-state index contributed by atoms with van der Waals surface area (Å²) in [5.74, 6) is 0.0291. The zero-order chi connectivity index (χ0) is 16.2. The summed E-state index contributed by atoms with van der Waals surface area (Å²) in [6, 6.07) is 7.05. The summed E-state index contributed by atoms with van der Waals surface area (Å²) < 4.78 is 26.7. The lowest BCUT2D eigenvalue weighted by Gasteiger charge is -2.11. The van der Waals surface area contributed by atoms with Gasteiger partial charge in [0.05, 0.1) is 4.90 Å². The molecule has 1 amide bonds. The molecule has 0 saturated heterocycles. The molecule has 1 fully saturated rings. The van der Waals surface area contributed by atoms with E-state index in [9.17, 15) is 13.2 Å². The van der Waals surface area contributed by atoms with Crippen LogP contribution in [0.2, 0.25) is 0 Å². The van der Waals surface area contributed by atoms with Crippen molar-refractivity contribution in [2.24, 2.45) is 0 Å². The molecule has 0 aliphatic heterocycles. The number of carbonyl (C=O) groups is 1. The van der Waals surface area contributed by atoms with Crippen molar-refractivity contribution in [3.8, 4) is 0 Å². The second kappa shape index (κ2) is 7.24. The first-order valence-electron chi connectivity index (χ1n) is 7.81. The third-order valence-electron chi connectivity index (χ3n) is 3.79. The molecule has 2 N–H and O–H groups in total. The molecule has 1 aromatic carbocycles. The first kappa shape index (κ1) is 17.0. The highest BCUT2D eigenvalue weighted by atomic mass is 32.2. The van der Waals surface area contributed by atoms with E-state index in [2.05, 4.69) is 10.0 Å². The van der Waals surface area contributed by atoms with Crippen LogP contribution in [0.5, 0.6) is 0 Å². The summed E-state index contributed by atoms with van der Waals surface area (Å²) in [6.07, 6.45) is 3.77. The van der Waals surface area contributed by atoms with E-state index in [-0.39, 0.29) is 22.9 Å². The van der Waals surface area contributed by atoms with Crippen LogP contribution >= 0.6 is 0 Å². The lowest BCUT2D eigenvalue weighted by molar-refractivity contribution is -0.121. The van der Waals surface area contributed by atoms with Gasteiger partial charge in [0, 0.05) is 18.5 Å². The maximum atomic E-state index is 12.0. The Morgan fingerprint density at radius 1 is 1.27 bits per heavy atom. The standard InChI is InChI=1S/C16H24N2O3S/c1-3-12(2)17-16(19)11-6-13-4-9-15(10-5-13)22(20,21)18-14-7-8-14/h4-5,9-10,12,14,18H,3,6-8,11H2,1-2H3,(H,17,19)/t12-/m1/s1. The van der Waals surface area contributed by atoms with Gasteiger partial charge in [0.1, 0.15) is 0 Å². The Bertz CT molecular complexity index is 607. The van der Waals surface area contributed by atoms with Crippen LogP contribution in [-0.2, 0) is 21.2 Å². The van der Waals surface area contributed by atoms with Gasteiger partial charge >= 0.3 is 0 Å². The summed E-state index contributed by atoms with van der Waals surface area (Å²) in [6.45, 7) is 4.00. The highest BCUT2D eigenvalue weighted by Crippen LogP contribution is 2.22. The molecule has 0 spiro atoms. The second-order valence-electron chi connectivity index (χ2n) is 5.92. The molecule has 0 aromatic heterocycles. The fourth-order valence-corrected chi connectivity index (χ4v) is 3.34. The van der Waals surface area contributed by atoms with Crippen LogP contribution in [0.25, 0.3) is 0 Å². The molecular weight excluding hydrogens is 300 g/mol. The molecule has 1 aliphatic carbocycles. The zero-order valence-corrected chi connectivity index (χ0v) is 13.9. The number of aryl methyl sites for hydroxylation is 1. The van der Waals surface area contributed by atoms with Gasteiger partial charge in [0.25, 0.3) is 0 Å². The molecule has 1 aliphatic rings. The van der Waals surface area contributed by atoms with Crippen LogP contribution in [-0.4, -0.2) is 26.4 Å². The smallest absolute Gasteiger partial charge is 0.240 e. The maximum absolute atomic E-state index is 12.0. The van der Waals surface area contributed by atoms with Crippen LogP contribution in [0.3, 0.4) is 0 Å². The normalized spacial score (nSPS) is 16.3. The number of carbonyl (C=O) groups excluding carboxylic acids is 1. The minimum absolute atomic E-state index is 0.0291. The molecule has 22 heavy (non-hydrogen) atoms. The first-order valence-corrected chi connectivity index (χ1v) is 9.29. The van der Waals surface area contributed by atoms with Gasteiger partial charge in [-0.3, -0.25) is 4.79 Å². The van der Waals surface area contributed by atoms with Gasteiger partial charge in [-0.25, -0.2) is 13.1 Å². The summed E-state index contributed by atoms with van der Waals surface area (Å²) in [7, 11) is -3.39. The molecular formula is C16H24N2O3S. The molecule has 0 radical (unpaired) electrons. The van der Waals surface area contributed by atoms with Crippen molar-refractivity contribution >= 4 is 15.9 Å². The largest absolute Gasteiger partial charge is 0.354 e. The van der Waals surface area contributed by atoms with E-state index >= 15 is 0 Å². The van der Waals surface area contributed by atoms with E-state index in [1.165, 1.54) is 0 Å². The zero-order valence-electron chi connectivity index (χ0n) is 13.1. The van der Waals surface area contributed by atoms with E-state index < -0.39 is 10.0 Å². The number of rotatable bonds is 8. The lowest BCUT2D eigenvalue weighted by Crippen LogP contribution is -2.32. The molecule has 1 atom stereocenters. The highest BCUT2D eigenvalue weighted by Gasteiger charge is 2.27. The van der Waals surface area contributed by atoms with Crippen molar-refractivity contribution in [2.75, 3.05) is 0 Å². The molecule has 6 heteroatoms. The average Bonchev–Trinajstić information content (AvgIpc) is 3.28. The van der Waals surface area contributed by atoms with Crippen LogP contribution in [0.4, 0.5) is 0 Å². The fraction of sp³-hybridized carbons (Fsp3) is 0.562. The monoisotopic (exact) mass is 324 g/mol. The van der Waals surface area contributed by atoms with Crippen LogP contribution in [0, 0.1) is 0 Å². The number of hydrogen-bond donors (Lipinski definition) is 2. The predicted molar refractivity (Wildman–Crippen MR) is 86.0 cm³/mol. The van der Waals surface area contributed by atoms with Crippen molar-refractivity contribution in [3.05, 3.63) is 29.8 Å². The molecule has 5 nitrogen and oxygen atoms in total. The van der Waals surface area contributed by atoms with Gasteiger partial charge in [-0.1, -0.05) is 19.1 Å². The molecule has 0 unspecified atom stereocenters. The quantitative estimate of drug-likeness (QED) is 0.768. The van der Waals surface area contributed by atoms with Gasteiger partial charge in [-0.05, 0) is 50.3 Å². The van der Waals surface area contributed by atoms with Crippen LogP contribution in [0.1, 0.15) is 45.1 Å². The molecule has 122 valence electrons. The van der Waals surface area contributed by atoms with Gasteiger partial charge in [-0.2, -0.15) is 0 Å². The molecule has 0 heterocycles. The maximum Gasteiger partial charge on any atom is 0.240 e. The van der Waals surface area contributed by atoms with E-state index in [4.69, 9.17) is 0 Å². The summed E-state index contributed by atoms with van der Waals surface area (Å²) in [5.41, 5.74) is 0.963. The van der Waals surface area contributed by atoms with Crippen molar-refractivity contribution in [1.82, 2.24) is 10.0 Å². The van der Waals surface area contributed by atoms with E-state index in [1.807, 2.05) is 13.8 Å². The number of benzene rings is 1. The number of sulfonamides is 1. The Morgan fingerprint density at radius 2 is 1.91 bits per heavy atom.